The van der Waals surface area contributed by atoms with Crippen molar-refractivity contribution in [2.24, 2.45) is 4.99 Å². The zero-order chi connectivity index (χ0) is 22.2. The van der Waals surface area contributed by atoms with Crippen molar-refractivity contribution in [3.05, 3.63) is 23.0 Å². The quantitative estimate of drug-likeness (QED) is 0.557. The van der Waals surface area contributed by atoms with Crippen LogP contribution >= 0.6 is 23.1 Å². The van der Waals surface area contributed by atoms with E-state index in [9.17, 15) is 14.4 Å². The van der Waals surface area contributed by atoms with E-state index in [1.807, 2.05) is 30.0 Å². The van der Waals surface area contributed by atoms with Gasteiger partial charge in [0.05, 0.1) is 35.4 Å². The van der Waals surface area contributed by atoms with Crippen LogP contribution in [0, 0.1) is 0 Å². The molecule has 1 aliphatic rings. The third kappa shape index (κ3) is 6.33. The van der Waals surface area contributed by atoms with Crippen molar-refractivity contribution in [3.8, 4) is 5.75 Å². The van der Waals surface area contributed by atoms with E-state index in [1.165, 1.54) is 36.6 Å². The average molecular weight is 466 g/mol. The first kappa shape index (κ1) is 23.3. The number of benzene rings is 1. The van der Waals surface area contributed by atoms with E-state index in [0.717, 1.165) is 36.1 Å². The number of hydrogen-bond acceptors (Lipinski definition) is 7. The zero-order valence-corrected chi connectivity index (χ0v) is 19.4. The third-order valence-electron chi connectivity index (χ3n) is 4.86. The van der Waals surface area contributed by atoms with Crippen molar-refractivity contribution < 1.29 is 23.9 Å². The lowest BCUT2D eigenvalue weighted by molar-refractivity contribution is -0.141. The van der Waals surface area contributed by atoms with Gasteiger partial charge in [-0.15, -0.1) is 11.8 Å². The summed E-state index contributed by atoms with van der Waals surface area (Å²) in [6.07, 6.45) is 3.25. The topological polar surface area (TPSA) is 90.2 Å². The lowest BCUT2D eigenvalue weighted by Gasteiger charge is -2.26. The van der Waals surface area contributed by atoms with Gasteiger partial charge in [0.15, 0.2) is 4.80 Å². The molecule has 168 valence electrons. The van der Waals surface area contributed by atoms with Crippen LogP contribution < -0.4 is 9.54 Å². The predicted octanol–water partition coefficient (Wildman–Crippen LogP) is 2.45. The van der Waals surface area contributed by atoms with Gasteiger partial charge in [0.25, 0.3) is 5.91 Å². The molecule has 2 heterocycles. The van der Waals surface area contributed by atoms with Gasteiger partial charge in [-0.2, -0.15) is 4.99 Å². The second-order valence-electron chi connectivity index (χ2n) is 7.05. The highest BCUT2D eigenvalue weighted by Gasteiger charge is 2.17. The van der Waals surface area contributed by atoms with E-state index in [1.54, 1.807) is 4.57 Å². The summed E-state index contributed by atoms with van der Waals surface area (Å²) in [5, 5.41) is 0. The fraction of sp³-hybridized carbons (Fsp3) is 0.524. The Morgan fingerprint density at radius 3 is 2.65 bits per heavy atom. The number of carbonyl (C=O) groups excluding carboxylic acids is 3. The first-order valence-corrected chi connectivity index (χ1v) is 12.2. The molecule has 1 aromatic heterocycles. The van der Waals surface area contributed by atoms with Gasteiger partial charge in [0, 0.05) is 13.1 Å². The number of esters is 1. The lowest BCUT2D eigenvalue weighted by Crippen LogP contribution is -2.36. The number of thiazole rings is 1. The van der Waals surface area contributed by atoms with Crippen LogP contribution in [0.3, 0.4) is 0 Å². The van der Waals surface area contributed by atoms with Gasteiger partial charge in [-0.1, -0.05) is 11.3 Å². The highest BCUT2D eigenvalue weighted by Crippen LogP contribution is 2.23. The lowest BCUT2D eigenvalue weighted by atomic mass is 10.1. The molecule has 10 heteroatoms. The number of aromatic nitrogens is 1. The van der Waals surface area contributed by atoms with Crippen LogP contribution in [-0.4, -0.2) is 65.6 Å². The van der Waals surface area contributed by atoms with Crippen molar-refractivity contribution in [1.29, 1.82) is 0 Å². The number of carbonyl (C=O) groups is 3. The van der Waals surface area contributed by atoms with Crippen LogP contribution in [0.1, 0.15) is 26.2 Å². The monoisotopic (exact) mass is 465 g/mol. The zero-order valence-electron chi connectivity index (χ0n) is 17.8. The van der Waals surface area contributed by atoms with Crippen molar-refractivity contribution >= 4 is 51.1 Å². The highest BCUT2D eigenvalue weighted by molar-refractivity contribution is 8.00. The summed E-state index contributed by atoms with van der Waals surface area (Å²) in [5.41, 5.74) is 0.776. The van der Waals surface area contributed by atoms with Crippen LogP contribution in [0.4, 0.5) is 0 Å². The highest BCUT2D eigenvalue weighted by atomic mass is 32.2. The minimum Gasteiger partial charge on any atom is -0.494 e. The Morgan fingerprint density at radius 2 is 1.94 bits per heavy atom. The Kier molecular flexibility index (Phi) is 8.53. The minimum atomic E-state index is -0.427. The fourth-order valence-corrected chi connectivity index (χ4v) is 5.11. The molecule has 0 aliphatic carbocycles. The Labute approximate surface area is 189 Å². The van der Waals surface area contributed by atoms with Crippen molar-refractivity contribution in [2.75, 3.05) is 38.3 Å². The largest absolute Gasteiger partial charge is 0.494 e. The molecule has 31 heavy (non-hydrogen) atoms. The Morgan fingerprint density at radius 1 is 1.16 bits per heavy atom. The van der Waals surface area contributed by atoms with E-state index < -0.39 is 5.97 Å². The van der Waals surface area contributed by atoms with Gasteiger partial charge < -0.3 is 18.9 Å². The van der Waals surface area contributed by atoms with Crippen LogP contribution in [0.25, 0.3) is 10.2 Å². The van der Waals surface area contributed by atoms with Crippen LogP contribution in [-0.2, 0) is 25.7 Å². The Bertz CT molecular complexity index is 1010. The molecule has 0 atom stereocenters. The molecular formula is C21H27N3O5S2. The minimum absolute atomic E-state index is 0.0445. The molecular weight excluding hydrogens is 438 g/mol. The van der Waals surface area contributed by atoms with Gasteiger partial charge in [0.1, 0.15) is 12.3 Å². The van der Waals surface area contributed by atoms with Crippen LogP contribution in [0.15, 0.2) is 23.2 Å². The van der Waals surface area contributed by atoms with Gasteiger partial charge >= 0.3 is 5.97 Å². The molecule has 0 saturated carbocycles. The van der Waals surface area contributed by atoms with E-state index in [0.29, 0.717) is 17.2 Å². The maximum atomic E-state index is 12.5. The number of ether oxygens (including phenoxy) is 2. The second-order valence-corrected chi connectivity index (χ2v) is 9.04. The summed E-state index contributed by atoms with van der Waals surface area (Å²) in [7, 11) is 1.32. The number of rotatable bonds is 8. The van der Waals surface area contributed by atoms with Gasteiger partial charge in [0.2, 0.25) is 5.91 Å². The summed E-state index contributed by atoms with van der Waals surface area (Å²) < 4.78 is 12.9. The van der Waals surface area contributed by atoms with Crippen LogP contribution in [0.5, 0.6) is 5.75 Å². The van der Waals surface area contributed by atoms with Crippen molar-refractivity contribution in [2.45, 2.75) is 32.7 Å². The Balaban J connectivity index is 1.73. The second kappa shape index (κ2) is 11.3. The van der Waals surface area contributed by atoms with E-state index in [2.05, 4.69) is 4.99 Å². The first-order chi connectivity index (χ1) is 15.0. The SMILES string of the molecule is CCOc1ccc2c(c1)sc(=NC(=O)CSCC(=O)N1CCCCC1)n2CC(=O)OC. The molecule has 0 spiro atoms. The fourth-order valence-electron chi connectivity index (χ4n) is 3.34. The normalized spacial score (nSPS) is 14.6. The average Bonchev–Trinajstić information content (AvgIpc) is 3.10. The molecule has 3 rings (SSSR count). The van der Waals surface area contributed by atoms with E-state index in [4.69, 9.17) is 9.47 Å². The van der Waals surface area contributed by atoms with Gasteiger partial charge in [-0.3, -0.25) is 14.4 Å². The number of thioether (sulfide) groups is 1. The number of amides is 2. The number of nitrogens with zero attached hydrogens (tertiary/aromatic N) is 3. The number of fused-ring (bicyclic) bond motifs is 1. The summed E-state index contributed by atoms with van der Waals surface area (Å²) in [4.78, 5) is 43.1. The standard InChI is InChI=1S/C21H27N3O5S2/c1-3-29-15-7-8-16-17(11-15)31-21(24(16)12-20(27)28-2)22-18(25)13-30-14-19(26)23-9-5-4-6-10-23/h7-8,11H,3-6,9-10,12-14H2,1-2H3. The molecule has 0 bridgehead atoms. The van der Waals surface area contributed by atoms with E-state index in [-0.39, 0.29) is 29.9 Å². The third-order valence-corrected chi connectivity index (χ3v) is 6.80. The number of hydrogen-bond donors (Lipinski definition) is 0. The van der Waals surface area contributed by atoms with Gasteiger partial charge in [-0.25, -0.2) is 0 Å². The summed E-state index contributed by atoms with van der Waals surface area (Å²) in [5.74, 6) is 0.398. The molecule has 2 amide bonds. The summed E-state index contributed by atoms with van der Waals surface area (Å²) >= 11 is 2.58. The number of likely N-dealkylation sites (tertiary alicyclic amines) is 1. The molecule has 2 aromatic rings. The molecule has 1 fully saturated rings. The Hall–Kier alpha value is -2.33. The van der Waals surface area contributed by atoms with Crippen LogP contribution in [0.2, 0.25) is 0 Å². The molecule has 0 radical (unpaired) electrons. The van der Waals surface area contributed by atoms with Gasteiger partial charge in [-0.05, 0) is 44.4 Å². The van der Waals surface area contributed by atoms with Crippen molar-refractivity contribution in [1.82, 2.24) is 9.47 Å². The molecule has 1 saturated heterocycles. The molecule has 1 aromatic carbocycles. The summed E-state index contributed by atoms with van der Waals surface area (Å²) in [6.45, 7) is 4.01. The maximum absolute atomic E-state index is 12.5. The molecule has 0 unspecified atom stereocenters. The predicted molar refractivity (Wildman–Crippen MR) is 121 cm³/mol. The smallest absolute Gasteiger partial charge is 0.325 e. The number of piperidine rings is 1. The molecule has 0 N–H and O–H groups in total. The number of methoxy groups -OCH3 is 1. The first-order valence-electron chi connectivity index (χ1n) is 10.3. The van der Waals surface area contributed by atoms with Crippen molar-refractivity contribution in [3.63, 3.8) is 0 Å². The molecule has 8 nitrogen and oxygen atoms in total. The molecule has 1 aliphatic heterocycles. The summed E-state index contributed by atoms with van der Waals surface area (Å²) in [6, 6.07) is 5.53. The maximum Gasteiger partial charge on any atom is 0.325 e. The van der Waals surface area contributed by atoms with E-state index >= 15 is 0 Å².